The molecule has 1 unspecified atom stereocenters. The number of hydrogen-bond donors (Lipinski definition) is 3. The molecule has 1 amide bonds. The third kappa shape index (κ3) is 8.11. The summed E-state index contributed by atoms with van der Waals surface area (Å²) in [5.74, 6) is 1.14. The maximum Gasteiger partial charge on any atom is 0.695 e. The quantitative estimate of drug-likeness (QED) is 0.0884. The molecule has 1 fully saturated rings. The van der Waals surface area contributed by atoms with Gasteiger partial charge in [0.1, 0.15) is 41.3 Å². The number of aromatic nitrogens is 4. The number of benzene rings is 4. The van der Waals surface area contributed by atoms with Gasteiger partial charge >= 0.3 is 8.25 Å². The Labute approximate surface area is 315 Å². The number of nitrogens with one attached hydrogen (secondary N) is 2. The van der Waals surface area contributed by atoms with Crippen molar-refractivity contribution in [2.75, 3.05) is 32.8 Å². The number of hydrogen-bond acceptors (Lipinski definition) is 11. The zero-order valence-electron chi connectivity index (χ0n) is 29.7. The topological polar surface area (TPSA) is 185 Å². The minimum Gasteiger partial charge on any atom is -0.497 e. The number of nitrogens with zero attached hydrogens (tertiary/aromatic N) is 3. The van der Waals surface area contributed by atoms with Crippen molar-refractivity contribution in [3.05, 3.63) is 143 Å². The number of fused-ring (bicyclic) bond motifs is 1. The van der Waals surface area contributed by atoms with E-state index in [2.05, 4.69) is 20.3 Å². The molecule has 1 aliphatic rings. The molecule has 6 aromatic rings. The fourth-order valence-electron chi connectivity index (χ4n) is 6.56. The third-order valence-corrected chi connectivity index (χ3v) is 9.61. The van der Waals surface area contributed by atoms with Gasteiger partial charge < -0.3 is 23.7 Å². The Morgan fingerprint density at radius 3 is 2.11 bits per heavy atom. The molecule has 55 heavy (non-hydrogen) atoms. The molecule has 0 radical (unpaired) electrons. The molecule has 0 spiro atoms. The average molecular weight is 767 g/mol. The van der Waals surface area contributed by atoms with Gasteiger partial charge in [-0.25, -0.2) is 4.98 Å². The maximum absolute atomic E-state index is 13.0. The van der Waals surface area contributed by atoms with E-state index in [1.807, 2.05) is 84.9 Å². The van der Waals surface area contributed by atoms with Gasteiger partial charge in [0.05, 0.1) is 27.2 Å². The van der Waals surface area contributed by atoms with Crippen LogP contribution in [0.5, 0.6) is 17.2 Å². The molecule has 2 aromatic heterocycles. The van der Waals surface area contributed by atoms with Gasteiger partial charge in [0.2, 0.25) is 5.95 Å². The summed E-state index contributed by atoms with van der Waals surface area (Å²) in [6.07, 6.45) is -1.21. The monoisotopic (exact) mass is 766 g/mol. The Bertz CT molecular complexity index is 2260. The molecule has 16 heteroatoms. The van der Waals surface area contributed by atoms with Gasteiger partial charge in [-0.1, -0.05) is 72.8 Å². The second-order valence-electron chi connectivity index (χ2n) is 12.5. The van der Waals surface area contributed by atoms with E-state index in [9.17, 15) is 19.0 Å². The highest BCUT2D eigenvalue weighted by molar-refractivity contribution is 7.32. The van der Waals surface area contributed by atoms with E-state index < -0.39 is 43.8 Å². The fraction of sp³-hybridized carbons (Fsp3) is 0.231. The lowest BCUT2D eigenvalue weighted by atomic mass is 9.80. The summed E-state index contributed by atoms with van der Waals surface area (Å²) in [5.41, 5.74) is 0.653. The van der Waals surface area contributed by atoms with E-state index in [4.69, 9.17) is 28.2 Å². The number of carbonyl (C=O) groups excluding carboxylic acids is 1. The predicted octanol–water partition coefficient (Wildman–Crippen LogP) is 5.49. The Hall–Kier alpha value is -5.96. The first-order valence-corrected chi connectivity index (χ1v) is 18.3. The van der Waals surface area contributed by atoms with Crippen molar-refractivity contribution >= 4 is 31.3 Å². The van der Waals surface area contributed by atoms with Gasteiger partial charge in [-0.15, -0.1) is 9.42 Å². The number of anilines is 1. The molecule has 0 saturated carbocycles. The Morgan fingerprint density at radius 2 is 1.51 bits per heavy atom. The number of rotatable bonds is 15. The zero-order valence-corrected chi connectivity index (χ0v) is 30.6. The molecule has 4 atom stereocenters. The van der Waals surface area contributed by atoms with Crippen LogP contribution in [0.25, 0.3) is 11.2 Å². The van der Waals surface area contributed by atoms with E-state index in [0.29, 0.717) is 17.2 Å². The van der Waals surface area contributed by atoms with Gasteiger partial charge in [-0.3, -0.25) is 24.5 Å². The van der Waals surface area contributed by atoms with E-state index in [1.165, 1.54) is 10.9 Å². The number of amides is 1. The van der Waals surface area contributed by atoms with Gasteiger partial charge in [0.15, 0.2) is 17.8 Å². The second-order valence-corrected chi connectivity index (χ2v) is 13.1. The number of H-pyrrole nitrogens is 1. The molecule has 3 N–H and O–H groups in total. The van der Waals surface area contributed by atoms with Crippen molar-refractivity contribution in [2.45, 2.75) is 30.5 Å². The van der Waals surface area contributed by atoms with Gasteiger partial charge in [-0.2, -0.15) is 4.98 Å². The summed E-state index contributed by atoms with van der Waals surface area (Å²) < 4.78 is 49.0. The molecular weight excluding hydrogens is 729 g/mol. The van der Waals surface area contributed by atoms with Crippen LogP contribution < -0.4 is 25.1 Å². The van der Waals surface area contributed by atoms with Crippen LogP contribution in [-0.2, 0) is 29.0 Å². The first-order chi connectivity index (χ1) is 26.8. The van der Waals surface area contributed by atoms with Gasteiger partial charge in [-0.05, 0) is 53.1 Å². The summed E-state index contributed by atoms with van der Waals surface area (Å²) in [7, 11) is 0.142. The van der Waals surface area contributed by atoms with E-state index in [-0.39, 0.29) is 36.7 Å². The smallest absolute Gasteiger partial charge is 0.497 e. The van der Waals surface area contributed by atoms with E-state index in [0.717, 1.165) is 16.7 Å². The van der Waals surface area contributed by atoms with Crippen molar-refractivity contribution in [1.82, 2.24) is 19.5 Å². The van der Waals surface area contributed by atoms with Crippen molar-refractivity contribution < 1.29 is 42.5 Å². The van der Waals surface area contributed by atoms with Crippen molar-refractivity contribution in [3.8, 4) is 17.2 Å². The summed E-state index contributed by atoms with van der Waals surface area (Å²) in [6, 6.07) is 33.5. The molecule has 4 aromatic carbocycles. The highest BCUT2D eigenvalue weighted by Gasteiger charge is 2.46. The van der Waals surface area contributed by atoms with Crippen molar-refractivity contribution in [1.29, 1.82) is 0 Å². The number of imidazole rings is 1. The van der Waals surface area contributed by atoms with Crippen LogP contribution in [0.15, 0.2) is 120 Å². The fourth-order valence-corrected chi connectivity index (χ4v) is 7.01. The molecule has 282 valence electrons. The Kier molecular flexibility index (Phi) is 11.3. The predicted molar refractivity (Wildman–Crippen MR) is 200 cm³/mol. The molecule has 1 aliphatic heterocycles. The highest BCUT2D eigenvalue weighted by atomic mass is 31.1. The first kappa shape index (κ1) is 37.4. The van der Waals surface area contributed by atoms with Crippen LogP contribution in [0.3, 0.4) is 0 Å². The number of para-hydroxylation sites is 1. The van der Waals surface area contributed by atoms with Crippen LogP contribution in [-0.4, -0.2) is 70.0 Å². The lowest BCUT2D eigenvalue weighted by Crippen LogP contribution is -2.38. The average Bonchev–Trinajstić information content (AvgIpc) is 3.82. The van der Waals surface area contributed by atoms with Crippen molar-refractivity contribution in [3.63, 3.8) is 0 Å². The Morgan fingerprint density at radius 1 is 0.909 bits per heavy atom. The van der Waals surface area contributed by atoms with Crippen LogP contribution in [0.2, 0.25) is 0 Å². The standard InChI is InChI=1S/C39H36N5O10P/c1-49-28-17-13-26(14-18-28)39(25-9-5-3-6-10-25,27-15-19-29(50-2)20-16-27)52-22-32-31(54-55(47)48)21-34(53-32)44-24-40-35-36(44)42-38(43-37(35)46)41-33(45)23-51-30-11-7-4-8-12-30/h3-20,24,31-32,34H,21-23H2,1-2H3,(H2-,41,42,43,45,46,47,48)/p+1/t31-,32+,34+/m0/s1. The van der Waals surface area contributed by atoms with Crippen molar-refractivity contribution in [2.24, 2.45) is 0 Å². The molecule has 7 rings (SSSR count). The maximum atomic E-state index is 13.0. The molecule has 0 bridgehead atoms. The SMILES string of the molecule is COc1ccc(C(OC[C@H]2O[C@@H](n3cnc4c(=O)[nH]c(NC(=O)COc5ccccc5)nc43)C[C@@H]2O[P+](=O)O)(c2ccccc2)c2ccc(OC)cc2)cc1. The largest absolute Gasteiger partial charge is 0.695 e. The van der Waals surface area contributed by atoms with Gasteiger partial charge in [0.25, 0.3) is 11.5 Å². The van der Waals surface area contributed by atoms with Crippen LogP contribution in [0, 0.1) is 0 Å². The van der Waals surface area contributed by atoms with Gasteiger partial charge in [0, 0.05) is 11.0 Å². The summed E-state index contributed by atoms with van der Waals surface area (Å²) >= 11 is 0. The molecule has 15 nitrogen and oxygen atoms in total. The minimum atomic E-state index is -3.04. The number of ether oxygens (including phenoxy) is 5. The number of aromatic amines is 1. The first-order valence-electron chi connectivity index (χ1n) is 17.2. The zero-order chi connectivity index (χ0) is 38.4. The van der Waals surface area contributed by atoms with Crippen LogP contribution in [0.1, 0.15) is 29.3 Å². The molecule has 1 saturated heterocycles. The molecular formula is C39H37N5O10P+. The van der Waals surface area contributed by atoms with Crippen LogP contribution >= 0.6 is 8.25 Å². The summed E-state index contributed by atoms with van der Waals surface area (Å²) in [5, 5.41) is 2.55. The van der Waals surface area contributed by atoms with Crippen LogP contribution in [0.4, 0.5) is 5.95 Å². The summed E-state index contributed by atoms with van der Waals surface area (Å²) in [4.78, 5) is 46.8. The minimum absolute atomic E-state index is 0.00496. The lowest BCUT2D eigenvalue weighted by molar-refractivity contribution is -0.118. The normalized spacial score (nSPS) is 17.1. The second kappa shape index (κ2) is 16.6. The highest BCUT2D eigenvalue weighted by Crippen LogP contribution is 2.44. The van der Waals surface area contributed by atoms with E-state index in [1.54, 1.807) is 38.5 Å². The number of carbonyl (C=O) groups is 1. The number of methoxy groups -OCH3 is 2. The third-order valence-electron chi connectivity index (χ3n) is 9.16. The molecule has 3 heterocycles. The Balaban J connectivity index is 1.19. The van der Waals surface area contributed by atoms with E-state index >= 15 is 0 Å². The lowest BCUT2D eigenvalue weighted by Gasteiger charge is -2.37. The molecule has 0 aliphatic carbocycles. The summed E-state index contributed by atoms with van der Waals surface area (Å²) in [6.45, 7) is -0.436.